The molecule has 0 aromatic heterocycles. The first kappa shape index (κ1) is 15.3. The van der Waals surface area contributed by atoms with Gasteiger partial charge < -0.3 is 9.64 Å². The second-order valence-electron chi connectivity index (χ2n) is 6.77. The van der Waals surface area contributed by atoms with E-state index in [1.165, 1.54) is 24.9 Å². The Kier molecular flexibility index (Phi) is 4.34. The molecule has 3 heteroatoms. The van der Waals surface area contributed by atoms with Gasteiger partial charge in [-0.15, -0.1) is 0 Å². The van der Waals surface area contributed by atoms with E-state index < -0.39 is 0 Å². The Hall–Kier alpha value is -1.61. The van der Waals surface area contributed by atoms with E-state index in [4.69, 9.17) is 4.74 Å². The molecule has 3 rings (SSSR count). The van der Waals surface area contributed by atoms with Gasteiger partial charge in [-0.2, -0.15) is 0 Å². The molecule has 1 aromatic rings. The molecule has 2 atom stereocenters. The lowest BCUT2D eigenvalue weighted by atomic mass is 9.80. The molecular formula is C19H25NO2. The minimum absolute atomic E-state index is 0.0570. The van der Waals surface area contributed by atoms with Crippen LogP contribution in [0.15, 0.2) is 36.1 Å². The summed E-state index contributed by atoms with van der Waals surface area (Å²) in [5.41, 5.74) is 1.91. The maximum Gasteiger partial charge on any atom is 0.150 e. The number of likely N-dealkylation sites (N-methyl/N-ethyl adjacent to an activating group) is 1. The van der Waals surface area contributed by atoms with Crippen LogP contribution in [0.3, 0.4) is 0 Å². The number of aldehydes is 1. The Morgan fingerprint density at radius 1 is 1.36 bits per heavy atom. The molecule has 1 aromatic carbocycles. The molecule has 1 heterocycles. The number of carbonyl (C=O) groups is 1. The van der Waals surface area contributed by atoms with Crippen LogP contribution in [0.4, 0.5) is 0 Å². The molecule has 0 amide bonds. The van der Waals surface area contributed by atoms with Crippen LogP contribution in [0.1, 0.15) is 48.5 Å². The van der Waals surface area contributed by atoms with E-state index in [1.807, 2.05) is 12.1 Å². The highest BCUT2D eigenvalue weighted by molar-refractivity contribution is 5.74. The van der Waals surface area contributed by atoms with Crippen LogP contribution in [0.2, 0.25) is 0 Å². The summed E-state index contributed by atoms with van der Waals surface area (Å²) in [5, 5.41) is 0. The van der Waals surface area contributed by atoms with Crippen LogP contribution in [0.5, 0.6) is 0 Å². The zero-order chi connectivity index (χ0) is 15.6. The van der Waals surface area contributed by atoms with E-state index in [2.05, 4.69) is 37.1 Å². The third kappa shape index (κ3) is 2.82. The molecule has 0 bridgehead atoms. The van der Waals surface area contributed by atoms with Gasteiger partial charge in [-0.3, -0.25) is 4.79 Å². The number of allylic oxidation sites excluding steroid dienone is 2. The summed E-state index contributed by atoms with van der Waals surface area (Å²) in [7, 11) is 2.18. The molecular weight excluding hydrogens is 274 g/mol. The molecule has 2 aliphatic rings. The summed E-state index contributed by atoms with van der Waals surface area (Å²) >= 11 is 0. The van der Waals surface area contributed by atoms with Crippen LogP contribution in [0, 0.1) is 0 Å². The van der Waals surface area contributed by atoms with Crippen LogP contribution >= 0.6 is 0 Å². The van der Waals surface area contributed by atoms with Crippen LogP contribution < -0.4 is 0 Å². The number of hydrogen-bond acceptors (Lipinski definition) is 3. The minimum atomic E-state index is -0.0570. The standard InChI is InChI=1S/C19H25NO2/c1-19(16-9-7-15(13-21)8-10-16)11-3-6-18(19)22-14-17-5-4-12-20(17)2/h6-10,13,17H,3-5,11-12,14H2,1-2H3/t17-,19+/m0/s1. The highest BCUT2D eigenvalue weighted by Crippen LogP contribution is 2.42. The molecule has 1 aliphatic heterocycles. The van der Waals surface area contributed by atoms with Gasteiger partial charge in [0.1, 0.15) is 18.7 Å². The Labute approximate surface area is 133 Å². The van der Waals surface area contributed by atoms with Gasteiger partial charge in [-0.05, 0) is 57.8 Å². The van der Waals surface area contributed by atoms with Crippen molar-refractivity contribution >= 4 is 6.29 Å². The Balaban J connectivity index is 1.71. The second kappa shape index (κ2) is 6.25. The van der Waals surface area contributed by atoms with Crippen LogP contribution in [-0.4, -0.2) is 37.4 Å². The summed E-state index contributed by atoms with van der Waals surface area (Å²) in [6.45, 7) is 4.21. The summed E-state index contributed by atoms with van der Waals surface area (Å²) in [5.74, 6) is 1.10. The van der Waals surface area contributed by atoms with Gasteiger partial charge >= 0.3 is 0 Å². The summed E-state index contributed by atoms with van der Waals surface area (Å²) in [6, 6.07) is 8.47. The maximum absolute atomic E-state index is 10.8. The summed E-state index contributed by atoms with van der Waals surface area (Å²) < 4.78 is 6.23. The maximum atomic E-state index is 10.8. The average molecular weight is 299 g/mol. The lowest BCUT2D eigenvalue weighted by Gasteiger charge is -2.30. The third-order valence-corrected chi connectivity index (χ3v) is 5.30. The van der Waals surface area contributed by atoms with Crippen molar-refractivity contribution in [3.8, 4) is 0 Å². The Morgan fingerprint density at radius 2 is 2.14 bits per heavy atom. The van der Waals surface area contributed by atoms with E-state index >= 15 is 0 Å². The minimum Gasteiger partial charge on any atom is -0.496 e. The van der Waals surface area contributed by atoms with Gasteiger partial charge in [-0.25, -0.2) is 0 Å². The number of benzene rings is 1. The molecule has 0 saturated carbocycles. The van der Waals surface area contributed by atoms with Gasteiger partial charge in [0.2, 0.25) is 0 Å². The van der Waals surface area contributed by atoms with Crippen molar-refractivity contribution in [1.82, 2.24) is 4.90 Å². The van der Waals surface area contributed by atoms with Crippen molar-refractivity contribution in [2.24, 2.45) is 0 Å². The van der Waals surface area contributed by atoms with Crippen molar-refractivity contribution < 1.29 is 9.53 Å². The SMILES string of the molecule is CN1CCC[C@H]1COC1=CCC[C@]1(C)c1ccc(C=O)cc1. The average Bonchev–Trinajstić information content (AvgIpc) is 3.12. The summed E-state index contributed by atoms with van der Waals surface area (Å²) in [6.07, 6.45) is 7.76. The molecule has 1 aliphatic carbocycles. The lowest BCUT2D eigenvalue weighted by Crippen LogP contribution is -2.31. The lowest BCUT2D eigenvalue weighted by molar-refractivity contribution is 0.112. The van der Waals surface area contributed by atoms with E-state index in [0.29, 0.717) is 6.04 Å². The summed E-state index contributed by atoms with van der Waals surface area (Å²) in [4.78, 5) is 13.2. The topological polar surface area (TPSA) is 29.5 Å². The highest BCUT2D eigenvalue weighted by Gasteiger charge is 2.36. The number of rotatable bonds is 5. The molecule has 118 valence electrons. The number of ether oxygens (including phenoxy) is 1. The van der Waals surface area contributed by atoms with Gasteiger partial charge in [0, 0.05) is 17.0 Å². The normalized spacial score (nSPS) is 28.6. The molecule has 22 heavy (non-hydrogen) atoms. The monoisotopic (exact) mass is 299 g/mol. The third-order valence-electron chi connectivity index (χ3n) is 5.30. The number of carbonyl (C=O) groups excluding carboxylic acids is 1. The van der Waals surface area contributed by atoms with E-state index in [1.54, 1.807) is 0 Å². The quantitative estimate of drug-likeness (QED) is 0.779. The zero-order valence-electron chi connectivity index (χ0n) is 13.5. The van der Waals surface area contributed by atoms with Gasteiger partial charge in [0.25, 0.3) is 0 Å². The van der Waals surface area contributed by atoms with E-state index in [9.17, 15) is 4.79 Å². The first-order valence-corrected chi connectivity index (χ1v) is 8.23. The molecule has 0 spiro atoms. The van der Waals surface area contributed by atoms with Crippen molar-refractivity contribution in [3.63, 3.8) is 0 Å². The van der Waals surface area contributed by atoms with Crippen LogP contribution in [0.25, 0.3) is 0 Å². The van der Waals surface area contributed by atoms with Crippen molar-refractivity contribution in [2.45, 2.75) is 44.1 Å². The Morgan fingerprint density at radius 3 is 2.77 bits per heavy atom. The first-order chi connectivity index (χ1) is 10.6. The van der Waals surface area contributed by atoms with Crippen molar-refractivity contribution in [1.29, 1.82) is 0 Å². The second-order valence-corrected chi connectivity index (χ2v) is 6.77. The molecule has 0 N–H and O–H groups in total. The zero-order valence-corrected chi connectivity index (χ0v) is 13.5. The Bertz CT molecular complexity index is 563. The molecule has 0 unspecified atom stereocenters. The van der Waals surface area contributed by atoms with Crippen molar-refractivity contribution in [2.75, 3.05) is 20.2 Å². The van der Waals surface area contributed by atoms with Gasteiger partial charge in [0.05, 0.1) is 0 Å². The smallest absolute Gasteiger partial charge is 0.150 e. The predicted molar refractivity (Wildman–Crippen MR) is 88.1 cm³/mol. The van der Waals surface area contributed by atoms with Gasteiger partial charge in [-0.1, -0.05) is 24.3 Å². The van der Waals surface area contributed by atoms with Crippen molar-refractivity contribution in [3.05, 3.63) is 47.2 Å². The van der Waals surface area contributed by atoms with E-state index in [-0.39, 0.29) is 5.41 Å². The number of hydrogen-bond donors (Lipinski definition) is 0. The number of nitrogens with zero attached hydrogens (tertiary/aromatic N) is 1. The fraction of sp³-hybridized carbons (Fsp3) is 0.526. The predicted octanol–water partition coefficient (Wildman–Crippen LogP) is 3.55. The van der Waals surface area contributed by atoms with Crippen LogP contribution in [-0.2, 0) is 10.2 Å². The van der Waals surface area contributed by atoms with Gasteiger partial charge in [0.15, 0.2) is 0 Å². The number of likely N-dealkylation sites (tertiary alicyclic amines) is 1. The molecule has 1 fully saturated rings. The fourth-order valence-electron chi connectivity index (χ4n) is 3.65. The molecule has 0 radical (unpaired) electrons. The largest absolute Gasteiger partial charge is 0.496 e. The molecule has 3 nitrogen and oxygen atoms in total. The first-order valence-electron chi connectivity index (χ1n) is 8.23. The fourth-order valence-corrected chi connectivity index (χ4v) is 3.65. The van der Waals surface area contributed by atoms with E-state index in [0.717, 1.165) is 37.1 Å². The molecule has 1 saturated heterocycles. The highest BCUT2D eigenvalue weighted by atomic mass is 16.5.